The molecule has 76 valence electrons. The molecule has 0 amide bonds. The number of carbonyl (C=O) groups excluding carboxylic acids is 1. The second-order valence-corrected chi connectivity index (χ2v) is 3.49. The van der Waals surface area contributed by atoms with Crippen molar-refractivity contribution >= 4 is 6.29 Å². The Morgan fingerprint density at radius 3 is 2.80 bits per heavy atom. The van der Waals surface area contributed by atoms with E-state index < -0.39 is 0 Å². The largest absolute Gasteiger partial charge is 0.331 e. The zero-order chi connectivity index (χ0) is 10.8. The molecule has 1 aromatic carbocycles. The first-order valence-electron chi connectivity index (χ1n) is 4.76. The second kappa shape index (κ2) is 3.69. The highest BCUT2D eigenvalue weighted by molar-refractivity contribution is 5.78. The molecule has 0 radical (unpaired) electrons. The molecule has 15 heavy (non-hydrogen) atoms. The molecule has 3 nitrogen and oxygen atoms in total. The highest BCUT2D eigenvalue weighted by Crippen LogP contribution is 2.20. The predicted octanol–water partition coefficient (Wildman–Crippen LogP) is 2.21. The van der Waals surface area contributed by atoms with Crippen molar-refractivity contribution in [2.24, 2.45) is 7.05 Å². The molecule has 0 saturated carbocycles. The summed E-state index contributed by atoms with van der Waals surface area (Å²) in [6.07, 6.45) is 2.67. The summed E-state index contributed by atoms with van der Waals surface area (Å²) in [5, 5.41) is 0. The molecule has 0 atom stereocenters. The van der Waals surface area contributed by atoms with Crippen LogP contribution in [-0.4, -0.2) is 15.8 Å². The lowest BCUT2D eigenvalue weighted by Gasteiger charge is -2.03. The van der Waals surface area contributed by atoms with Gasteiger partial charge in [0.25, 0.3) is 0 Å². The minimum Gasteiger partial charge on any atom is -0.331 e. The third kappa shape index (κ3) is 1.68. The van der Waals surface area contributed by atoms with Crippen molar-refractivity contribution in [3.05, 3.63) is 41.9 Å². The number of aryl methyl sites for hydroxylation is 1. The third-order valence-corrected chi connectivity index (χ3v) is 2.54. The summed E-state index contributed by atoms with van der Waals surface area (Å²) < 4.78 is 2.00. The number of hydrogen-bond donors (Lipinski definition) is 0. The van der Waals surface area contributed by atoms with E-state index in [1.807, 2.05) is 42.9 Å². The lowest BCUT2D eigenvalue weighted by atomic mass is 10.1. The molecular formula is C12H12N2O. The van der Waals surface area contributed by atoms with Crippen molar-refractivity contribution < 1.29 is 4.79 Å². The number of aromatic nitrogens is 2. The lowest BCUT2D eigenvalue weighted by Crippen LogP contribution is -1.94. The Morgan fingerprint density at radius 1 is 1.40 bits per heavy atom. The molecule has 0 saturated heterocycles. The number of hydrogen-bond acceptors (Lipinski definition) is 2. The van der Waals surface area contributed by atoms with Gasteiger partial charge in [-0.3, -0.25) is 4.79 Å². The molecule has 1 heterocycles. The number of rotatable bonds is 2. The van der Waals surface area contributed by atoms with Gasteiger partial charge in [0.15, 0.2) is 0 Å². The van der Waals surface area contributed by atoms with E-state index in [1.54, 1.807) is 6.07 Å². The Morgan fingerprint density at radius 2 is 2.20 bits per heavy atom. The molecule has 0 spiro atoms. The molecule has 0 fully saturated rings. The zero-order valence-electron chi connectivity index (χ0n) is 8.77. The van der Waals surface area contributed by atoms with Gasteiger partial charge < -0.3 is 4.57 Å². The van der Waals surface area contributed by atoms with Crippen LogP contribution >= 0.6 is 0 Å². The molecule has 2 rings (SSSR count). The number of carbonyl (C=O) groups is 1. The highest BCUT2D eigenvalue weighted by Gasteiger charge is 2.05. The van der Waals surface area contributed by atoms with E-state index in [1.165, 1.54) is 0 Å². The van der Waals surface area contributed by atoms with Crippen LogP contribution in [0.15, 0.2) is 30.5 Å². The van der Waals surface area contributed by atoms with Crippen molar-refractivity contribution in [3.8, 4) is 11.3 Å². The molecular weight excluding hydrogens is 188 g/mol. The first-order chi connectivity index (χ1) is 7.22. The summed E-state index contributed by atoms with van der Waals surface area (Å²) in [5.41, 5.74) is 2.73. The maximum atomic E-state index is 10.7. The first-order valence-corrected chi connectivity index (χ1v) is 4.76. The Kier molecular flexibility index (Phi) is 2.37. The van der Waals surface area contributed by atoms with Gasteiger partial charge in [0, 0.05) is 18.2 Å². The number of nitrogens with zero attached hydrogens (tertiary/aromatic N) is 2. The van der Waals surface area contributed by atoms with E-state index in [4.69, 9.17) is 0 Å². The summed E-state index contributed by atoms with van der Waals surface area (Å²) in [7, 11) is 1.96. The molecule has 0 aliphatic carbocycles. The standard InChI is InChI=1S/C12H12N2O/c1-9-13-7-12(14(9)2)11-5-3-4-10(6-11)8-15/h3-8H,1-2H3. The van der Waals surface area contributed by atoms with Crippen LogP contribution in [0, 0.1) is 6.92 Å². The smallest absolute Gasteiger partial charge is 0.150 e. The fourth-order valence-corrected chi connectivity index (χ4v) is 1.54. The van der Waals surface area contributed by atoms with Gasteiger partial charge in [-0.15, -0.1) is 0 Å². The Labute approximate surface area is 88.4 Å². The summed E-state index contributed by atoms with van der Waals surface area (Å²) in [6, 6.07) is 7.51. The van der Waals surface area contributed by atoms with E-state index in [2.05, 4.69) is 4.98 Å². The van der Waals surface area contributed by atoms with Crippen molar-refractivity contribution in [1.29, 1.82) is 0 Å². The van der Waals surface area contributed by atoms with Gasteiger partial charge >= 0.3 is 0 Å². The van der Waals surface area contributed by atoms with Crippen LogP contribution in [0.4, 0.5) is 0 Å². The van der Waals surface area contributed by atoms with Crippen molar-refractivity contribution in [2.75, 3.05) is 0 Å². The molecule has 3 heteroatoms. The maximum Gasteiger partial charge on any atom is 0.150 e. The topological polar surface area (TPSA) is 34.9 Å². The van der Waals surface area contributed by atoms with Crippen LogP contribution in [0.3, 0.4) is 0 Å². The number of imidazole rings is 1. The first kappa shape index (κ1) is 9.65. The van der Waals surface area contributed by atoms with E-state index in [0.717, 1.165) is 23.4 Å². The van der Waals surface area contributed by atoms with Gasteiger partial charge in [-0.05, 0) is 13.0 Å². The van der Waals surface area contributed by atoms with E-state index in [-0.39, 0.29) is 0 Å². The molecule has 0 aliphatic rings. The maximum absolute atomic E-state index is 10.7. The van der Waals surface area contributed by atoms with Gasteiger partial charge in [0.2, 0.25) is 0 Å². The van der Waals surface area contributed by atoms with E-state index in [9.17, 15) is 4.79 Å². The van der Waals surface area contributed by atoms with Gasteiger partial charge in [0.1, 0.15) is 12.1 Å². The van der Waals surface area contributed by atoms with E-state index in [0.29, 0.717) is 5.56 Å². The van der Waals surface area contributed by atoms with Gasteiger partial charge in [-0.25, -0.2) is 4.98 Å². The van der Waals surface area contributed by atoms with Crippen LogP contribution in [0.5, 0.6) is 0 Å². The molecule has 2 aromatic rings. The molecule has 0 bridgehead atoms. The highest BCUT2D eigenvalue weighted by atomic mass is 16.1. The third-order valence-electron chi connectivity index (χ3n) is 2.54. The summed E-state index contributed by atoms with van der Waals surface area (Å²) >= 11 is 0. The SMILES string of the molecule is Cc1ncc(-c2cccc(C=O)c2)n1C. The van der Waals surface area contributed by atoms with Crippen LogP contribution in [-0.2, 0) is 7.05 Å². The number of aldehydes is 1. The average Bonchev–Trinajstić information content (AvgIpc) is 2.60. The van der Waals surface area contributed by atoms with Crippen molar-refractivity contribution in [3.63, 3.8) is 0 Å². The van der Waals surface area contributed by atoms with Crippen LogP contribution < -0.4 is 0 Å². The Hall–Kier alpha value is -1.90. The minimum absolute atomic E-state index is 0.686. The predicted molar refractivity (Wildman–Crippen MR) is 58.8 cm³/mol. The normalized spacial score (nSPS) is 10.3. The van der Waals surface area contributed by atoms with Crippen LogP contribution in [0.1, 0.15) is 16.2 Å². The molecule has 1 aromatic heterocycles. The van der Waals surface area contributed by atoms with E-state index >= 15 is 0 Å². The monoisotopic (exact) mass is 200 g/mol. The average molecular weight is 200 g/mol. The summed E-state index contributed by atoms with van der Waals surface area (Å²) in [6.45, 7) is 1.95. The van der Waals surface area contributed by atoms with Crippen LogP contribution in [0.25, 0.3) is 11.3 Å². The fraction of sp³-hybridized carbons (Fsp3) is 0.167. The van der Waals surface area contributed by atoms with Crippen molar-refractivity contribution in [1.82, 2.24) is 9.55 Å². The second-order valence-electron chi connectivity index (χ2n) is 3.49. The van der Waals surface area contributed by atoms with Crippen LogP contribution in [0.2, 0.25) is 0 Å². The lowest BCUT2D eigenvalue weighted by molar-refractivity contribution is 0.112. The van der Waals surface area contributed by atoms with Gasteiger partial charge in [0.05, 0.1) is 11.9 Å². The van der Waals surface area contributed by atoms with Crippen molar-refractivity contribution in [2.45, 2.75) is 6.92 Å². The molecule has 0 N–H and O–H groups in total. The van der Waals surface area contributed by atoms with Gasteiger partial charge in [-0.2, -0.15) is 0 Å². The summed E-state index contributed by atoms with van der Waals surface area (Å²) in [4.78, 5) is 14.9. The summed E-state index contributed by atoms with van der Waals surface area (Å²) in [5.74, 6) is 0.960. The number of benzene rings is 1. The zero-order valence-corrected chi connectivity index (χ0v) is 8.77. The van der Waals surface area contributed by atoms with Gasteiger partial charge in [-0.1, -0.05) is 18.2 Å². The quantitative estimate of drug-likeness (QED) is 0.696. The minimum atomic E-state index is 0.686. The Balaban J connectivity index is 2.53. The Bertz CT molecular complexity index is 500. The molecule has 0 aliphatic heterocycles. The fourth-order valence-electron chi connectivity index (χ4n) is 1.54. The molecule has 0 unspecified atom stereocenters.